The summed E-state index contributed by atoms with van der Waals surface area (Å²) in [6.45, 7) is 12.1. The quantitative estimate of drug-likeness (QED) is 0.0222. The van der Waals surface area contributed by atoms with Crippen LogP contribution < -0.4 is 0 Å². The third kappa shape index (κ3) is 79.1. The number of aliphatic hydroxyl groups excluding tert-OH is 1. The van der Waals surface area contributed by atoms with Crippen LogP contribution in [-0.4, -0.2) is 96.7 Å². The van der Waals surface area contributed by atoms with Crippen LogP contribution in [0, 0.1) is 17.8 Å². The molecule has 0 radical (unpaired) electrons. The van der Waals surface area contributed by atoms with E-state index >= 15 is 0 Å². The van der Waals surface area contributed by atoms with Crippen molar-refractivity contribution in [3.63, 3.8) is 0 Å². The molecule has 0 spiro atoms. The number of phosphoric acid groups is 2. The Kier molecular flexibility index (Phi) is 76.6. The lowest BCUT2D eigenvalue weighted by Crippen LogP contribution is -2.30. The van der Waals surface area contributed by atoms with Gasteiger partial charge in [0.15, 0.2) is 12.2 Å². The van der Waals surface area contributed by atoms with Crippen molar-refractivity contribution in [3.05, 3.63) is 0 Å². The average Bonchev–Trinajstić information content (AvgIpc) is 0.901. The molecule has 0 aliphatic rings. The highest BCUT2D eigenvalue weighted by Gasteiger charge is 2.31. The molecule has 0 heterocycles. The zero-order chi connectivity index (χ0) is 78.6. The van der Waals surface area contributed by atoms with E-state index in [0.29, 0.717) is 25.7 Å². The monoisotopic (exact) mass is 1560 g/mol. The summed E-state index contributed by atoms with van der Waals surface area (Å²) in [5.74, 6) is 0.354. The fourth-order valence-corrected chi connectivity index (χ4v) is 15.2. The van der Waals surface area contributed by atoms with Gasteiger partial charge in [0.2, 0.25) is 0 Å². The van der Waals surface area contributed by atoms with E-state index in [4.69, 9.17) is 37.0 Å². The molecular weight excluding hydrogens is 1390 g/mol. The first-order valence-corrected chi connectivity index (χ1v) is 48.4. The van der Waals surface area contributed by atoms with Gasteiger partial charge in [-0.05, 0) is 43.4 Å². The molecule has 0 aromatic carbocycles. The molecule has 0 saturated heterocycles. The molecule has 19 heteroatoms. The summed E-state index contributed by atoms with van der Waals surface area (Å²) in [6, 6.07) is 0. The first-order chi connectivity index (χ1) is 51.8. The summed E-state index contributed by atoms with van der Waals surface area (Å²) in [5.41, 5.74) is 0. The van der Waals surface area contributed by atoms with E-state index in [0.717, 1.165) is 108 Å². The smallest absolute Gasteiger partial charge is 0.462 e. The van der Waals surface area contributed by atoms with E-state index in [2.05, 4.69) is 48.5 Å². The first-order valence-electron chi connectivity index (χ1n) is 45.4. The van der Waals surface area contributed by atoms with Gasteiger partial charge in [0, 0.05) is 25.7 Å². The van der Waals surface area contributed by atoms with Gasteiger partial charge >= 0.3 is 39.5 Å². The van der Waals surface area contributed by atoms with Crippen LogP contribution in [0.2, 0.25) is 0 Å². The molecule has 0 rings (SSSR count). The maximum Gasteiger partial charge on any atom is 0.472 e. The molecule has 7 atom stereocenters. The second-order valence-corrected chi connectivity index (χ2v) is 35.5. The molecular formula is C88H172O17P2. The number of aliphatic hydroxyl groups is 1. The largest absolute Gasteiger partial charge is 0.472 e. The van der Waals surface area contributed by atoms with Gasteiger partial charge < -0.3 is 33.8 Å². The molecule has 17 nitrogen and oxygen atoms in total. The van der Waals surface area contributed by atoms with Crippen molar-refractivity contribution in [2.45, 2.75) is 484 Å². The zero-order valence-electron chi connectivity index (χ0n) is 70.6. The molecule has 4 unspecified atom stereocenters. The lowest BCUT2D eigenvalue weighted by molar-refractivity contribution is -0.161. The molecule has 0 aromatic rings. The van der Waals surface area contributed by atoms with E-state index in [1.807, 2.05) is 0 Å². The summed E-state index contributed by atoms with van der Waals surface area (Å²) in [6.07, 6.45) is 69.3. The molecule has 0 aliphatic carbocycles. The molecule has 0 bridgehead atoms. The fraction of sp³-hybridized carbons (Fsp3) is 0.955. The van der Waals surface area contributed by atoms with Crippen LogP contribution >= 0.6 is 15.6 Å². The summed E-state index contributed by atoms with van der Waals surface area (Å²) >= 11 is 0. The highest BCUT2D eigenvalue weighted by Crippen LogP contribution is 2.45. The Bertz CT molecular complexity index is 2060. The van der Waals surface area contributed by atoms with Crippen LogP contribution in [0.25, 0.3) is 0 Å². The lowest BCUT2D eigenvalue weighted by atomic mass is 9.99. The Morgan fingerprint density at radius 3 is 0.710 bits per heavy atom. The number of ether oxygens (including phenoxy) is 4. The molecule has 636 valence electrons. The van der Waals surface area contributed by atoms with Gasteiger partial charge in [0.1, 0.15) is 19.3 Å². The number of unbranched alkanes of at least 4 members (excludes halogenated alkanes) is 52. The summed E-state index contributed by atoms with van der Waals surface area (Å²) in [5, 5.41) is 10.7. The predicted molar refractivity (Wildman–Crippen MR) is 441 cm³/mol. The summed E-state index contributed by atoms with van der Waals surface area (Å²) in [4.78, 5) is 73.3. The number of carbonyl (C=O) groups excluding carboxylic acids is 4. The van der Waals surface area contributed by atoms with Crippen molar-refractivity contribution in [1.82, 2.24) is 0 Å². The standard InChI is InChI=1S/C88H172O17P2/c1-8-11-12-13-14-15-16-17-23-31-36-41-50-57-64-71-88(93)105-84(76-99-86(91)70-63-56-49-44-43-47-54-61-68-81(7)10-3)78-103-107(96,97)101-74-82(89)73-100-106(94,95)102-77-83(75-98-85(90)69-62-55-48-40-35-30-27-22-24-28-33-38-45-52-59-66-79(4)5)104-87(92)72-65-58-51-42-37-32-26-21-19-18-20-25-29-34-39-46-53-60-67-80(6)9-2/h79-84,89H,8-78H2,1-7H3,(H,94,95)(H,96,97)/t80?,81?,82-,83-,84-/m1/s1. The molecule has 0 amide bonds. The minimum atomic E-state index is -4.97. The van der Waals surface area contributed by atoms with Gasteiger partial charge in [-0.15, -0.1) is 0 Å². The second-order valence-electron chi connectivity index (χ2n) is 32.6. The van der Waals surface area contributed by atoms with Crippen LogP contribution in [0.5, 0.6) is 0 Å². The number of phosphoric ester groups is 2. The van der Waals surface area contributed by atoms with E-state index < -0.39 is 97.5 Å². The topological polar surface area (TPSA) is 237 Å². The zero-order valence-corrected chi connectivity index (χ0v) is 72.4. The van der Waals surface area contributed by atoms with E-state index in [1.165, 1.54) is 276 Å². The molecule has 3 N–H and O–H groups in total. The Labute approximate surface area is 658 Å². The molecule has 107 heavy (non-hydrogen) atoms. The maximum atomic E-state index is 13.2. The van der Waals surface area contributed by atoms with Crippen LogP contribution in [0.15, 0.2) is 0 Å². The van der Waals surface area contributed by atoms with Crippen LogP contribution in [0.4, 0.5) is 0 Å². The van der Waals surface area contributed by atoms with Crippen LogP contribution in [0.1, 0.15) is 466 Å². The fourth-order valence-electron chi connectivity index (χ4n) is 13.7. The normalized spacial score (nSPS) is 14.3. The van der Waals surface area contributed by atoms with Gasteiger partial charge in [-0.2, -0.15) is 0 Å². The first kappa shape index (κ1) is 105. The number of esters is 4. The van der Waals surface area contributed by atoms with Crippen LogP contribution in [-0.2, 0) is 65.4 Å². The highest BCUT2D eigenvalue weighted by molar-refractivity contribution is 7.47. The van der Waals surface area contributed by atoms with E-state index in [1.54, 1.807) is 0 Å². The third-order valence-electron chi connectivity index (χ3n) is 21.4. The van der Waals surface area contributed by atoms with Gasteiger partial charge in [-0.3, -0.25) is 37.3 Å². The van der Waals surface area contributed by atoms with Gasteiger partial charge in [0.05, 0.1) is 26.4 Å². The van der Waals surface area contributed by atoms with Crippen molar-refractivity contribution in [2.75, 3.05) is 39.6 Å². The molecule has 0 fully saturated rings. The second kappa shape index (κ2) is 78.0. The average molecular weight is 1560 g/mol. The van der Waals surface area contributed by atoms with E-state index in [9.17, 15) is 43.2 Å². The van der Waals surface area contributed by atoms with Crippen molar-refractivity contribution in [2.24, 2.45) is 17.8 Å². The molecule has 0 aliphatic heterocycles. The van der Waals surface area contributed by atoms with Crippen molar-refractivity contribution >= 4 is 39.5 Å². The van der Waals surface area contributed by atoms with E-state index in [-0.39, 0.29) is 25.7 Å². The summed E-state index contributed by atoms with van der Waals surface area (Å²) < 4.78 is 69.0. The maximum absolute atomic E-state index is 13.2. The third-order valence-corrected chi connectivity index (χ3v) is 23.3. The minimum absolute atomic E-state index is 0.108. The molecule has 0 aromatic heterocycles. The van der Waals surface area contributed by atoms with Crippen LogP contribution in [0.3, 0.4) is 0 Å². The van der Waals surface area contributed by atoms with Crippen molar-refractivity contribution < 1.29 is 80.2 Å². The SMILES string of the molecule is CCCCCCCCCCCCCCCCCC(=O)O[C@H](COC(=O)CCCCCCCCCCC(C)CC)COP(=O)(O)OC[C@H](O)COP(=O)(O)OC[C@@H](COC(=O)CCCCCCCCCCCCCCCCCC(C)C)OC(=O)CCCCCCCCCCCCCCCCCCCCC(C)CC. The number of hydrogen-bond acceptors (Lipinski definition) is 15. The minimum Gasteiger partial charge on any atom is -0.462 e. The molecule has 0 saturated carbocycles. The number of rotatable bonds is 86. The van der Waals surface area contributed by atoms with Crippen molar-refractivity contribution in [3.8, 4) is 0 Å². The number of carbonyl (C=O) groups is 4. The Hall–Kier alpha value is -1.94. The number of hydrogen-bond donors (Lipinski definition) is 3. The Balaban J connectivity index is 5.25. The highest BCUT2D eigenvalue weighted by atomic mass is 31.2. The van der Waals surface area contributed by atoms with Gasteiger partial charge in [-0.1, -0.05) is 414 Å². The predicted octanol–water partition coefficient (Wildman–Crippen LogP) is 26.9. The Morgan fingerprint density at radius 2 is 0.477 bits per heavy atom. The lowest BCUT2D eigenvalue weighted by Gasteiger charge is -2.21. The van der Waals surface area contributed by atoms with Gasteiger partial charge in [-0.25, -0.2) is 9.13 Å². The Morgan fingerprint density at radius 1 is 0.271 bits per heavy atom. The summed E-state index contributed by atoms with van der Waals surface area (Å²) in [7, 11) is -9.93. The van der Waals surface area contributed by atoms with Gasteiger partial charge in [0.25, 0.3) is 0 Å². The van der Waals surface area contributed by atoms with Crippen molar-refractivity contribution in [1.29, 1.82) is 0 Å².